The second-order valence-corrected chi connectivity index (χ2v) is 4.91. The maximum atomic E-state index is 11.5. The Bertz CT molecular complexity index is 530. The van der Waals surface area contributed by atoms with Crippen LogP contribution < -0.4 is 20.4 Å². The normalized spacial score (nSPS) is 14.9. The molecule has 0 saturated carbocycles. The smallest absolute Gasteiger partial charge is 0.246 e. The van der Waals surface area contributed by atoms with Gasteiger partial charge in [-0.1, -0.05) is 6.92 Å². The lowest BCUT2D eigenvalue weighted by atomic mass is 10.3. The third kappa shape index (κ3) is 3.77. The zero-order valence-electron chi connectivity index (χ0n) is 12.4. The Balaban J connectivity index is 2.30. The molecule has 2 heterocycles. The van der Waals surface area contributed by atoms with Crippen LogP contribution in [0.3, 0.4) is 0 Å². The van der Waals surface area contributed by atoms with Crippen molar-refractivity contribution < 1.29 is 9.59 Å². The van der Waals surface area contributed by atoms with E-state index >= 15 is 0 Å². The summed E-state index contributed by atoms with van der Waals surface area (Å²) in [5.41, 5.74) is 0. The van der Waals surface area contributed by atoms with Gasteiger partial charge in [-0.2, -0.15) is 15.0 Å². The van der Waals surface area contributed by atoms with Crippen LogP contribution in [0.4, 0.5) is 17.8 Å². The molecule has 2 amide bonds. The highest BCUT2D eigenvalue weighted by Gasteiger charge is 2.25. The number of rotatable bonds is 5. The quantitative estimate of drug-likeness (QED) is 0.682. The van der Waals surface area contributed by atoms with Crippen LogP contribution >= 0.6 is 0 Å². The molecular formula is C12H19N7O2. The second-order valence-electron chi connectivity index (χ2n) is 4.91. The lowest BCUT2D eigenvalue weighted by Gasteiger charge is -2.26. The Morgan fingerprint density at radius 2 is 1.86 bits per heavy atom. The highest BCUT2D eigenvalue weighted by atomic mass is 16.2. The van der Waals surface area contributed by atoms with E-state index in [1.54, 1.807) is 4.90 Å². The molecule has 0 aliphatic carbocycles. The van der Waals surface area contributed by atoms with Gasteiger partial charge in [-0.25, -0.2) is 0 Å². The van der Waals surface area contributed by atoms with E-state index in [4.69, 9.17) is 0 Å². The van der Waals surface area contributed by atoms with Gasteiger partial charge in [-0.3, -0.25) is 14.9 Å². The van der Waals surface area contributed by atoms with Gasteiger partial charge in [0.25, 0.3) is 0 Å². The lowest BCUT2D eigenvalue weighted by molar-refractivity contribution is -0.130. The molecular weight excluding hydrogens is 274 g/mol. The predicted molar refractivity (Wildman–Crippen MR) is 78.3 cm³/mol. The highest BCUT2D eigenvalue weighted by Crippen LogP contribution is 2.16. The molecule has 9 heteroatoms. The fraction of sp³-hybridized carbons (Fsp3) is 0.583. The Labute approximate surface area is 122 Å². The number of nitrogens with one attached hydrogen (secondary N) is 2. The highest BCUT2D eigenvalue weighted by molar-refractivity contribution is 6.02. The topological polar surface area (TPSA) is 103 Å². The van der Waals surface area contributed by atoms with Crippen LogP contribution in [0.5, 0.6) is 0 Å². The van der Waals surface area contributed by atoms with E-state index in [1.165, 1.54) is 4.90 Å². The van der Waals surface area contributed by atoms with Gasteiger partial charge < -0.3 is 15.1 Å². The number of hydrogen-bond donors (Lipinski definition) is 2. The Morgan fingerprint density at radius 3 is 2.43 bits per heavy atom. The molecule has 2 rings (SSSR count). The summed E-state index contributed by atoms with van der Waals surface area (Å²) in [4.78, 5) is 39.1. The average molecular weight is 293 g/mol. The predicted octanol–water partition coefficient (Wildman–Crippen LogP) is -0.778. The minimum absolute atomic E-state index is 0.0514. The minimum Gasteiger partial charge on any atom is -0.354 e. The molecule has 0 radical (unpaired) electrons. The molecule has 0 atom stereocenters. The Morgan fingerprint density at radius 1 is 1.19 bits per heavy atom. The van der Waals surface area contributed by atoms with E-state index in [1.807, 2.05) is 21.0 Å². The molecule has 1 fully saturated rings. The maximum absolute atomic E-state index is 11.5. The zero-order valence-corrected chi connectivity index (χ0v) is 12.4. The molecule has 1 saturated heterocycles. The molecule has 0 aromatic carbocycles. The summed E-state index contributed by atoms with van der Waals surface area (Å²) < 4.78 is 0. The monoisotopic (exact) mass is 293 g/mol. The number of carbonyl (C=O) groups is 2. The molecule has 1 aromatic rings. The first-order valence-corrected chi connectivity index (χ1v) is 6.74. The van der Waals surface area contributed by atoms with E-state index < -0.39 is 0 Å². The van der Waals surface area contributed by atoms with Crippen molar-refractivity contribution in [2.24, 2.45) is 0 Å². The molecule has 0 unspecified atom stereocenters. The van der Waals surface area contributed by atoms with Crippen LogP contribution in [0.2, 0.25) is 0 Å². The summed E-state index contributed by atoms with van der Waals surface area (Å²) in [7, 11) is 3.63. The van der Waals surface area contributed by atoms with Crippen molar-refractivity contribution in [3.8, 4) is 0 Å². The SMILES string of the molecule is CCCNc1nc(N(C)C)nc(N2CC(=O)NC(=O)C2)n1. The molecule has 9 nitrogen and oxygen atoms in total. The van der Waals surface area contributed by atoms with E-state index in [0.29, 0.717) is 17.8 Å². The van der Waals surface area contributed by atoms with E-state index in [-0.39, 0.29) is 24.9 Å². The van der Waals surface area contributed by atoms with Crippen LogP contribution in [-0.4, -0.2) is 60.5 Å². The van der Waals surface area contributed by atoms with Gasteiger partial charge in [0.05, 0.1) is 0 Å². The Hall–Kier alpha value is -2.45. The molecule has 1 aromatic heterocycles. The number of carbonyl (C=O) groups excluding carboxylic acids is 2. The Kier molecular flexibility index (Phi) is 4.51. The number of piperazine rings is 1. The number of anilines is 3. The first-order chi connectivity index (χ1) is 9.99. The molecule has 1 aliphatic heterocycles. The van der Waals surface area contributed by atoms with Crippen molar-refractivity contribution in [1.82, 2.24) is 20.3 Å². The second kappa shape index (κ2) is 6.33. The molecule has 114 valence electrons. The van der Waals surface area contributed by atoms with Crippen molar-refractivity contribution in [3.63, 3.8) is 0 Å². The van der Waals surface area contributed by atoms with Crippen LogP contribution in [0, 0.1) is 0 Å². The van der Waals surface area contributed by atoms with Gasteiger partial charge in [-0.05, 0) is 6.42 Å². The summed E-state index contributed by atoms with van der Waals surface area (Å²) in [5, 5.41) is 5.34. The van der Waals surface area contributed by atoms with Crippen molar-refractivity contribution in [2.45, 2.75) is 13.3 Å². The van der Waals surface area contributed by atoms with Gasteiger partial charge in [-0.15, -0.1) is 0 Å². The van der Waals surface area contributed by atoms with Crippen LogP contribution in [0.25, 0.3) is 0 Å². The summed E-state index contributed by atoms with van der Waals surface area (Å²) >= 11 is 0. The first kappa shape index (κ1) is 14.9. The minimum atomic E-state index is -0.360. The number of nitrogens with zero attached hydrogens (tertiary/aromatic N) is 5. The van der Waals surface area contributed by atoms with Gasteiger partial charge >= 0.3 is 0 Å². The summed E-state index contributed by atoms with van der Waals surface area (Å²) in [6, 6.07) is 0. The van der Waals surface area contributed by atoms with Gasteiger partial charge in [0.15, 0.2) is 0 Å². The lowest BCUT2D eigenvalue weighted by Crippen LogP contribution is -2.52. The van der Waals surface area contributed by atoms with E-state index in [0.717, 1.165) is 13.0 Å². The van der Waals surface area contributed by atoms with Gasteiger partial charge in [0.1, 0.15) is 13.1 Å². The van der Waals surface area contributed by atoms with Gasteiger partial charge in [0, 0.05) is 20.6 Å². The fourth-order valence-electron chi connectivity index (χ4n) is 1.79. The fourth-order valence-corrected chi connectivity index (χ4v) is 1.79. The van der Waals surface area contributed by atoms with Crippen molar-refractivity contribution in [3.05, 3.63) is 0 Å². The summed E-state index contributed by atoms with van der Waals surface area (Å²) in [6.07, 6.45) is 0.933. The standard InChI is InChI=1S/C12H19N7O2/c1-4-5-13-10-15-11(18(2)3)17-12(16-10)19-6-8(20)14-9(21)7-19/h4-7H2,1-3H3,(H,14,20,21)(H,13,15,16,17). The summed E-state index contributed by atoms with van der Waals surface area (Å²) in [5.74, 6) is 0.499. The third-order valence-electron chi connectivity index (χ3n) is 2.78. The van der Waals surface area contributed by atoms with Crippen molar-refractivity contribution in [2.75, 3.05) is 48.8 Å². The molecule has 1 aliphatic rings. The molecule has 2 N–H and O–H groups in total. The number of hydrogen-bond acceptors (Lipinski definition) is 8. The van der Waals surface area contributed by atoms with Crippen LogP contribution in [-0.2, 0) is 9.59 Å². The third-order valence-corrected chi connectivity index (χ3v) is 2.78. The van der Waals surface area contributed by atoms with Crippen LogP contribution in [0.1, 0.15) is 13.3 Å². The zero-order chi connectivity index (χ0) is 15.4. The van der Waals surface area contributed by atoms with Crippen molar-refractivity contribution >= 4 is 29.7 Å². The van der Waals surface area contributed by atoms with Crippen LogP contribution in [0.15, 0.2) is 0 Å². The molecule has 0 spiro atoms. The average Bonchev–Trinajstić information content (AvgIpc) is 2.43. The maximum Gasteiger partial charge on any atom is 0.246 e. The first-order valence-electron chi connectivity index (χ1n) is 6.74. The van der Waals surface area contributed by atoms with Gasteiger partial charge in [0.2, 0.25) is 29.7 Å². The number of amides is 2. The van der Waals surface area contributed by atoms with E-state index in [2.05, 4.69) is 25.6 Å². The van der Waals surface area contributed by atoms with Crippen molar-refractivity contribution in [1.29, 1.82) is 0 Å². The summed E-state index contributed by atoms with van der Waals surface area (Å²) in [6.45, 7) is 2.87. The molecule has 21 heavy (non-hydrogen) atoms. The number of imide groups is 1. The van der Waals surface area contributed by atoms with E-state index in [9.17, 15) is 9.59 Å². The largest absolute Gasteiger partial charge is 0.354 e. The molecule has 0 bridgehead atoms. The number of aromatic nitrogens is 3.